The highest BCUT2D eigenvalue weighted by atomic mass is 32.2. The van der Waals surface area contributed by atoms with Crippen molar-refractivity contribution in [1.82, 2.24) is 20.2 Å². The normalized spacial score (nSPS) is 13.6. The van der Waals surface area contributed by atoms with E-state index in [9.17, 15) is 4.79 Å². The smallest absolute Gasteiger partial charge is 0.237 e. The lowest BCUT2D eigenvalue weighted by Gasteiger charge is -2.11. The van der Waals surface area contributed by atoms with E-state index in [0.717, 1.165) is 0 Å². The quantitative estimate of drug-likeness (QED) is 0.635. The molecule has 0 aliphatic carbocycles. The average molecular weight is 333 g/mol. The Morgan fingerprint density at radius 1 is 1.52 bits per heavy atom. The summed E-state index contributed by atoms with van der Waals surface area (Å²) in [5, 5.41) is 14.4. The minimum Gasteiger partial charge on any atom is -0.454 e. The van der Waals surface area contributed by atoms with Crippen LogP contribution in [0.2, 0.25) is 0 Å². The molecular weight excluding hydrogens is 318 g/mol. The molecule has 0 fully saturated rings. The van der Waals surface area contributed by atoms with Gasteiger partial charge in [0.25, 0.3) is 0 Å². The number of anilines is 1. The SMILES string of the molecule is C=CCn1nnnc1S[C@@H](C)C(=O)Nc1ccc2c(c1)OCO2. The van der Waals surface area contributed by atoms with E-state index in [-0.39, 0.29) is 18.0 Å². The van der Waals surface area contributed by atoms with Gasteiger partial charge in [-0.25, -0.2) is 4.68 Å². The molecule has 0 saturated heterocycles. The molecule has 120 valence electrons. The number of nitrogens with zero attached hydrogens (tertiary/aromatic N) is 4. The molecule has 0 bridgehead atoms. The first-order valence-electron chi connectivity index (χ1n) is 6.91. The number of amides is 1. The van der Waals surface area contributed by atoms with Gasteiger partial charge in [0.2, 0.25) is 17.9 Å². The fraction of sp³-hybridized carbons (Fsp3) is 0.286. The molecule has 0 unspecified atom stereocenters. The highest BCUT2D eigenvalue weighted by molar-refractivity contribution is 8.00. The van der Waals surface area contributed by atoms with Crippen LogP contribution in [0.3, 0.4) is 0 Å². The van der Waals surface area contributed by atoms with Crippen molar-refractivity contribution in [2.24, 2.45) is 0 Å². The van der Waals surface area contributed by atoms with Crippen LogP contribution in [0.25, 0.3) is 0 Å². The lowest BCUT2D eigenvalue weighted by Crippen LogP contribution is -2.23. The molecule has 0 radical (unpaired) electrons. The molecule has 1 N–H and O–H groups in total. The molecule has 8 nitrogen and oxygen atoms in total. The van der Waals surface area contributed by atoms with Gasteiger partial charge in [0.15, 0.2) is 11.5 Å². The van der Waals surface area contributed by atoms with E-state index < -0.39 is 0 Å². The first-order chi connectivity index (χ1) is 11.2. The topological polar surface area (TPSA) is 91.2 Å². The summed E-state index contributed by atoms with van der Waals surface area (Å²) in [6.45, 7) is 6.13. The van der Waals surface area contributed by atoms with Gasteiger partial charge in [0.05, 0.1) is 11.8 Å². The van der Waals surface area contributed by atoms with Gasteiger partial charge < -0.3 is 14.8 Å². The fourth-order valence-electron chi connectivity index (χ4n) is 1.95. The van der Waals surface area contributed by atoms with E-state index in [1.54, 1.807) is 35.9 Å². The van der Waals surface area contributed by atoms with Crippen LogP contribution in [-0.4, -0.2) is 38.2 Å². The number of carbonyl (C=O) groups excluding carboxylic acids is 1. The number of tetrazole rings is 1. The molecule has 1 aliphatic heterocycles. The van der Waals surface area contributed by atoms with Crippen molar-refractivity contribution in [2.45, 2.75) is 23.9 Å². The van der Waals surface area contributed by atoms with Crippen LogP contribution >= 0.6 is 11.8 Å². The van der Waals surface area contributed by atoms with Crippen molar-refractivity contribution in [1.29, 1.82) is 0 Å². The number of nitrogens with one attached hydrogen (secondary N) is 1. The zero-order chi connectivity index (χ0) is 16.2. The van der Waals surface area contributed by atoms with Crippen molar-refractivity contribution in [3.05, 3.63) is 30.9 Å². The third-order valence-corrected chi connectivity index (χ3v) is 4.16. The minimum absolute atomic E-state index is 0.151. The summed E-state index contributed by atoms with van der Waals surface area (Å²) in [7, 11) is 0. The van der Waals surface area contributed by atoms with Gasteiger partial charge in [-0.15, -0.1) is 11.7 Å². The molecular formula is C14H15N5O3S. The Kier molecular flexibility index (Phi) is 4.47. The van der Waals surface area contributed by atoms with E-state index in [0.29, 0.717) is 28.9 Å². The molecule has 2 aromatic rings. The molecule has 9 heteroatoms. The Bertz CT molecular complexity index is 733. The largest absolute Gasteiger partial charge is 0.454 e. The Morgan fingerprint density at radius 2 is 2.35 bits per heavy atom. The number of ether oxygens (including phenoxy) is 2. The van der Waals surface area contributed by atoms with Crippen molar-refractivity contribution in [3.63, 3.8) is 0 Å². The molecule has 0 spiro atoms. The number of thioether (sulfide) groups is 1. The predicted octanol–water partition coefficient (Wildman–Crippen LogP) is 1.71. The number of aromatic nitrogens is 4. The lowest BCUT2D eigenvalue weighted by atomic mass is 10.2. The van der Waals surface area contributed by atoms with Crippen LogP contribution in [-0.2, 0) is 11.3 Å². The van der Waals surface area contributed by atoms with Crippen LogP contribution in [0.4, 0.5) is 5.69 Å². The minimum atomic E-state index is -0.366. The van der Waals surface area contributed by atoms with Crippen LogP contribution in [0, 0.1) is 0 Å². The van der Waals surface area contributed by atoms with E-state index in [1.165, 1.54) is 11.8 Å². The molecule has 1 aliphatic rings. The number of rotatable bonds is 6. The zero-order valence-corrected chi connectivity index (χ0v) is 13.2. The van der Waals surface area contributed by atoms with Gasteiger partial charge in [-0.3, -0.25) is 4.79 Å². The summed E-state index contributed by atoms with van der Waals surface area (Å²) in [4.78, 5) is 12.3. The highest BCUT2D eigenvalue weighted by Crippen LogP contribution is 2.34. The van der Waals surface area contributed by atoms with Gasteiger partial charge >= 0.3 is 0 Å². The summed E-state index contributed by atoms with van der Waals surface area (Å²) >= 11 is 1.28. The molecule has 1 amide bonds. The maximum atomic E-state index is 12.3. The average Bonchev–Trinajstić information content (AvgIpc) is 3.16. The maximum Gasteiger partial charge on any atom is 0.237 e. The third-order valence-electron chi connectivity index (χ3n) is 3.09. The van der Waals surface area contributed by atoms with E-state index in [2.05, 4.69) is 27.4 Å². The highest BCUT2D eigenvalue weighted by Gasteiger charge is 2.20. The van der Waals surface area contributed by atoms with Crippen molar-refractivity contribution < 1.29 is 14.3 Å². The van der Waals surface area contributed by atoms with Gasteiger partial charge in [-0.05, 0) is 29.5 Å². The summed E-state index contributed by atoms with van der Waals surface area (Å²) in [6.07, 6.45) is 1.69. The number of allylic oxidation sites excluding steroid dienone is 1. The summed E-state index contributed by atoms with van der Waals surface area (Å²) in [6, 6.07) is 5.27. The van der Waals surface area contributed by atoms with Gasteiger partial charge in [-0.1, -0.05) is 17.8 Å². The second kappa shape index (κ2) is 6.69. The Hall–Kier alpha value is -2.55. The third kappa shape index (κ3) is 3.45. The number of hydrogen-bond acceptors (Lipinski definition) is 7. The molecule has 2 heterocycles. The van der Waals surface area contributed by atoms with Crippen molar-refractivity contribution in [2.75, 3.05) is 12.1 Å². The van der Waals surface area contributed by atoms with Crippen LogP contribution in [0.1, 0.15) is 6.92 Å². The molecule has 23 heavy (non-hydrogen) atoms. The Labute approximate surface area is 136 Å². The monoisotopic (exact) mass is 333 g/mol. The second-order valence-electron chi connectivity index (χ2n) is 4.75. The van der Waals surface area contributed by atoms with Gasteiger partial charge in [0, 0.05) is 11.8 Å². The van der Waals surface area contributed by atoms with Crippen molar-refractivity contribution >= 4 is 23.4 Å². The standard InChI is InChI=1S/C14H15N5O3S/c1-3-6-19-14(16-17-18-19)23-9(2)13(20)15-10-4-5-11-12(7-10)22-8-21-11/h3-5,7,9H,1,6,8H2,2H3,(H,15,20)/t9-/m0/s1. The predicted molar refractivity (Wildman–Crippen MR) is 84.5 cm³/mol. The first kappa shape index (κ1) is 15.3. The van der Waals surface area contributed by atoms with E-state index >= 15 is 0 Å². The molecule has 3 rings (SSSR count). The zero-order valence-electron chi connectivity index (χ0n) is 12.4. The fourth-order valence-corrected chi connectivity index (χ4v) is 2.75. The maximum absolute atomic E-state index is 12.3. The van der Waals surface area contributed by atoms with Crippen molar-refractivity contribution in [3.8, 4) is 11.5 Å². The summed E-state index contributed by atoms with van der Waals surface area (Å²) < 4.78 is 12.1. The van der Waals surface area contributed by atoms with Crippen LogP contribution in [0.15, 0.2) is 36.0 Å². The number of fused-ring (bicyclic) bond motifs is 1. The summed E-state index contributed by atoms with van der Waals surface area (Å²) in [5.74, 6) is 1.15. The number of hydrogen-bond donors (Lipinski definition) is 1. The Morgan fingerprint density at radius 3 is 3.17 bits per heavy atom. The lowest BCUT2D eigenvalue weighted by molar-refractivity contribution is -0.115. The van der Waals surface area contributed by atoms with Gasteiger partial charge in [0.1, 0.15) is 0 Å². The van der Waals surface area contributed by atoms with E-state index in [4.69, 9.17) is 9.47 Å². The Balaban J connectivity index is 1.63. The summed E-state index contributed by atoms with van der Waals surface area (Å²) in [5.41, 5.74) is 0.650. The first-order valence-corrected chi connectivity index (χ1v) is 7.79. The number of carbonyl (C=O) groups is 1. The molecule has 1 aromatic carbocycles. The van der Waals surface area contributed by atoms with E-state index in [1.807, 2.05) is 0 Å². The van der Waals surface area contributed by atoms with Gasteiger partial charge in [-0.2, -0.15) is 0 Å². The second-order valence-corrected chi connectivity index (χ2v) is 6.06. The molecule has 1 atom stereocenters. The van der Waals surface area contributed by atoms with Crippen LogP contribution < -0.4 is 14.8 Å². The van der Waals surface area contributed by atoms with Crippen LogP contribution in [0.5, 0.6) is 11.5 Å². The molecule has 0 saturated carbocycles. The molecule has 1 aromatic heterocycles. The number of benzene rings is 1.